The molecule has 2 aliphatic heterocycles. The van der Waals surface area contributed by atoms with Gasteiger partial charge in [0, 0.05) is 57.0 Å². The summed E-state index contributed by atoms with van der Waals surface area (Å²) in [5.74, 6) is 0.571. The Hall–Kier alpha value is -3.06. The van der Waals surface area contributed by atoms with Gasteiger partial charge >= 0.3 is 0 Å². The van der Waals surface area contributed by atoms with Crippen molar-refractivity contribution in [1.82, 2.24) is 14.4 Å². The first-order valence-corrected chi connectivity index (χ1v) is 12.8. The Balaban J connectivity index is 1.11. The van der Waals surface area contributed by atoms with Crippen molar-refractivity contribution < 1.29 is 13.9 Å². The first-order valence-electron chi connectivity index (χ1n) is 12.8. The van der Waals surface area contributed by atoms with Gasteiger partial charge < -0.3 is 24.0 Å². The molecule has 3 aromatic rings. The van der Waals surface area contributed by atoms with E-state index in [0.717, 1.165) is 44.1 Å². The van der Waals surface area contributed by atoms with Gasteiger partial charge in [-0.15, -0.1) is 0 Å². The second-order valence-electron chi connectivity index (χ2n) is 9.67. The summed E-state index contributed by atoms with van der Waals surface area (Å²) in [5.41, 5.74) is 2.19. The van der Waals surface area contributed by atoms with Crippen LogP contribution in [0.25, 0.3) is 10.9 Å². The summed E-state index contributed by atoms with van der Waals surface area (Å²) in [6.45, 7) is 7.13. The van der Waals surface area contributed by atoms with Crippen molar-refractivity contribution >= 4 is 22.5 Å². The van der Waals surface area contributed by atoms with Gasteiger partial charge in [-0.05, 0) is 62.7 Å². The molecule has 0 aliphatic carbocycles. The molecular formula is C28H35FN4O2. The molecule has 0 unspecified atom stereocenters. The molecule has 2 aromatic carbocycles. The molecule has 5 rings (SSSR count). The van der Waals surface area contributed by atoms with E-state index in [1.165, 1.54) is 38.4 Å². The van der Waals surface area contributed by atoms with Gasteiger partial charge in [0.1, 0.15) is 11.6 Å². The van der Waals surface area contributed by atoms with E-state index in [9.17, 15) is 9.18 Å². The van der Waals surface area contributed by atoms with Crippen LogP contribution in [0.15, 0.2) is 48.7 Å². The highest BCUT2D eigenvalue weighted by atomic mass is 19.1. The number of para-hydroxylation sites is 1. The van der Waals surface area contributed by atoms with E-state index in [1.807, 2.05) is 23.1 Å². The SMILES string of the molecule is Cn1cc(C(=O)N2CCN(c3ccc(OCCCN4CCCCC4)cc3)CC2)c2cccc(F)c21. The van der Waals surface area contributed by atoms with Crippen LogP contribution in [0.1, 0.15) is 36.0 Å². The first-order chi connectivity index (χ1) is 17.1. The fourth-order valence-electron chi connectivity index (χ4n) is 5.34. The Labute approximate surface area is 206 Å². The van der Waals surface area contributed by atoms with Crippen molar-refractivity contribution in [2.24, 2.45) is 7.05 Å². The average Bonchev–Trinajstić information content (AvgIpc) is 3.25. The number of benzene rings is 2. The van der Waals surface area contributed by atoms with E-state index in [-0.39, 0.29) is 11.7 Å². The van der Waals surface area contributed by atoms with Crippen LogP contribution in [0.3, 0.4) is 0 Å². The van der Waals surface area contributed by atoms with Gasteiger partial charge in [-0.2, -0.15) is 0 Å². The van der Waals surface area contributed by atoms with E-state index >= 15 is 0 Å². The van der Waals surface area contributed by atoms with Crippen molar-refractivity contribution in [2.45, 2.75) is 25.7 Å². The van der Waals surface area contributed by atoms with Crippen molar-refractivity contribution in [2.75, 3.05) is 57.3 Å². The lowest BCUT2D eigenvalue weighted by Crippen LogP contribution is -2.48. The summed E-state index contributed by atoms with van der Waals surface area (Å²) in [7, 11) is 1.78. The number of hydrogen-bond acceptors (Lipinski definition) is 4. The minimum Gasteiger partial charge on any atom is -0.494 e. The van der Waals surface area contributed by atoms with Gasteiger partial charge in [0.15, 0.2) is 0 Å². The topological polar surface area (TPSA) is 41.0 Å². The second kappa shape index (κ2) is 10.7. The molecule has 2 fully saturated rings. The van der Waals surface area contributed by atoms with Crippen LogP contribution in [0.4, 0.5) is 10.1 Å². The van der Waals surface area contributed by atoms with E-state index in [4.69, 9.17) is 4.74 Å². The molecule has 6 nitrogen and oxygen atoms in total. The highest BCUT2D eigenvalue weighted by Gasteiger charge is 2.25. The Morgan fingerprint density at radius 1 is 0.943 bits per heavy atom. The van der Waals surface area contributed by atoms with Crippen LogP contribution in [0.2, 0.25) is 0 Å². The fraction of sp³-hybridized carbons (Fsp3) is 0.464. The van der Waals surface area contributed by atoms with Crippen LogP contribution in [0.5, 0.6) is 5.75 Å². The van der Waals surface area contributed by atoms with Gasteiger partial charge in [-0.1, -0.05) is 18.6 Å². The number of carbonyl (C=O) groups excluding carboxylic acids is 1. The van der Waals surface area contributed by atoms with Crippen LogP contribution < -0.4 is 9.64 Å². The summed E-state index contributed by atoms with van der Waals surface area (Å²) < 4.78 is 21.9. The standard InChI is InChI=1S/C28H35FN4O2/c1-30-21-25(24-7-5-8-26(29)27(24)30)28(34)33-18-16-32(17-19-33)22-9-11-23(12-10-22)35-20-6-15-31-13-3-2-4-14-31/h5,7-12,21H,2-4,6,13-20H2,1H3. The number of rotatable bonds is 7. The lowest BCUT2D eigenvalue weighted by Gasteiger charge is -2.36. The number of aryl methyl sites for hydroxylation is 1. The van der Waals surface area contributed by atoms with Crippen LogP contribution in [-0.2, 0) is 7.05 Å². The number of ether oxygens (including phenoxy) is 1. The highest BCUT2D eigenvalue weighted by Crippen LogP contribution is 2.26. The molecule has 0 bridgehead atoms. The monoisotopic (exact) mass is 478 g/mol. The average molecular weight is 479 g/mol. The maximum Gasteiger partial charge on any atom is 0.256 e. The number of hydrogen-bond donors (Lipinski definition) is 0. The summed E-state index contributed by atoms with van der Waals surface area (Å²) in [4.78, 5) is 19.9. The van der Waals surface area contributed by atoms with Gasteiger partial charge in [-0.25, -0.2) is 4.39 Å². The molecule has 7 heteroatoms. The van der Waals surface area contributed by atoms with E-state index in [1.54, 1.807) is 23.9 Å². The van der Waals surface area contributed by atoms with Gasteiger partial charge in [0.2, 0.25) is 0 Å². The molecule has 0 atom stereocenters. The molecule has 35 heavy (non-hydrogen) atoms. The number of aromatic nitrogens is 1. The van der Waals surface area contributed by atoms with Crippen LogP contribution >= 0.6 is 0 Å². The molecule has 186 valence electrons. The normalized spacial score (nSPS) is 17.2. The third-order valence-corrected chi connectivity index (χ3v) is 7.29. The number of piperazine rings is 1. The first kappa shape index (κ1) is 23.7. The van der Waals surface area contributed by atoms with Crippen LogP contribution in [0, 0.1) is 5.82 Å². The molecule has 2 saturated heterocycles. The summed E-state index contributed by atoms with van der Waals surface area (Å²) in [6.07, 6.45) is 6.83. The number of piperidine rings is 1. The number of halogens is 1. The van der Waals surface area contributed by atoms with Crippen molar-refractivity contribution in [3.05, 3.63) is 60.0 Å². The maximum atomic E-state index is 14.2. The summed E-state index contributed by atoms with van der Waals surface area (Å²) in [5, 5.41) is 0.673. The number of nitrogens with zero attached hydrogens (tertiary/aromatic N) is 4. The Kier molecular flexibility index (Phi) is 7.23. The molecule has 0 saturated carbocycles. The number of fused-ring (bicyclic) bond motifs is 1. The third kappa shape index (κ3) is 5.30. The Morgan fingerprint density at radius 3 is 2.43 bits per heavy atom. The van der Waals surface area contributed by atoms with Crippen LogP contribution in [-0.4, -0.2) is 72.7 Å². The van der Waals surface area contributed by atoms with E-state index in [0.29, 0.717) is 29.6 Å². The number of carbonyl (C=O) groups is 1. The summed E-state index contributed by atoms with van der Waals surface area (Å²) in [6, 6.07) is 13.2. The maximum absolute atomic E-state index is 14.2. The largest absolute Gasteiger partial charge is 0.494 e. The van der Waals surface area contributed by atoms with Gasteiger partial charge in [-0.3, -0.25) is 4.79 Å². The fourth-order valence-corrected chi connectivity index (χ4v) is 5.34. The van der Waals surface area contributed by atoms with Crippen molar-refractivity contribution in [1.29, 1.82) is 0 Å². The second-order valence-corrected chi connectivity index (χ2v) is 9.67. The summed E-state index contributed by atoms with van der Waals surface area (Å²) >= 11 is 0. The zero-order valence-corrected chi connectivity index (χ0v) is 20.6. The van der Waals surface area contributed by atoms with Crippen molar-refractivity contribution in [3.63, 3.8) is 0 Å². The molecule has 0 radical (unpaired) electrons. The molecule has 0 N–H and O–H groups in total. The Morgan fingerprint density at radius 2 is 1.69 bits per heavy atom. The molecule has 0 spiro atoms. The smallest absolute Gasteiger partial charge is 0.256 e. The molecule has 3 heterocycles. The lowest BCUT2D eigenvalue weighted by molar-refractivity contribution is 0.0748. The van der Waals surface area contributed by atoms with E-state index in [2.05, 4.69) is 21.9 Å². The lowest BCUT2D eigenvalue weighted by atomic mass is 10.1. The number of amides is 1. The predicted molar refractivity (Wildman–Crippen MR) is 138 cm³/mol. The predicted octanol–water partition coefficient (Wildman–Crippen LogP) is 4.53. The third-order valence-electron chi connectivity index (χ3n) is 7.29. The molecule has 2 aliphatic rings. The zero-order chi connectivity index (χ0) is 24.2. The minimum absolute atomic E-state index is 0.0332. The molecule has 1 aromatic heterocycles. The van der Waals surface area contributed by atoms with Gasteiger partial charge in [0.25, 0.3) is 5.91 Å². The molecule has 1 amide bonds. The molecular weight excluding hydrogens is 443 g/mol. The minimum atomic E-state index is -0.303. The number of likely N-dealkylation sites (tertiary alicyclic amines) is 1. The quantitative estimate of drug-likeness (QED) is 0.468. The van der Waals surface area contributed by atoms with E-state index < -0.39 is 0 Å². The highest BCUT2D eigenvalue weighted by molar-refractivity contribution is 6.07. The zero-order valence-electron chi connectivity index (χ0n) is 20.6. The Bertz CT molecular complexity index is 1150. The van der Waals surface area contributed by atoms with Crippen molar-refractivity contribution in [3.8, 4) is 5.75 Å². The number of anilines is 1. The van der Waals surface area contributed by atoms with Gasteiger partial charge in [0.05, 0.1) is 17.7 Å².